The van der Waals surface area contributed by atoms with E-state index in [0.717, 1.165) is 22.9 Å². The molecule has 0 aromatic heterocycles. The first kappa shape index (κ1) is 18.0. The van der Waals surface area contributed by atoms with Crippen LogP contribution in [0.1, 0.15) is 5.56 Å². The van der Waals surface area contributed by atoms with Gasteiger partial charge in [0.2, 0.25) is 0 Å². The second-order valence-electron chi connectivity index (χ2n) is 5.02. The maximum absolute atomic E-state index is 13.2. The Labute approximate surface area is 151 Å². The summed E-state index contributed by atoms with van der Waals surface area (Å²) in [6.07, 6.45) is 0. The Kier molecular flexibility index (Phi) is 7.15. The molecule has 0 fully saturated rings. The Morgan fingerprint density at radius 3 is 2.70 bits per heavy atom. The third kappa shape index (κ3) is 6.37. The van der Waals surface area contributed by atoms with Gasteiger partial charge >= 0.3 is 0 Å². The van der Waals surface area contributed by atoms with Gasteiger partial charge in [-0.25, -0.2) is 4.39 Å². The van der Waals surface area contributed by atoms with Gasteiger partial charge in [-0.05, 0) is 54.2 Å². The molecule has 0 saturated heterocycles. The van der Waals surface area contributed by atoms with E-state index in [0.29, 0.717) is 11.7 Å². The molecule has 0 radical (unpaired) electrons. The number of thiocarbonyl (C=S) groups is 1. The minimum absolute atomic E-state index is 0.228. The molecule has 0 heterocycles. The largest absolute Gasteiger partial charge is 0.362 e. The van der Waals surface area contributed by atoms with Crippen LogP contribution >= 0.6 is 35.6 Å². The van der Waals surface area contributed by atoms with Gasteiger partial charge in [0.1, 0.15) is 5.82 Å². The molecular formula is C17H18ClFN2S2. The fourth-order valence-electron chi connectivity index (χ4n) is 1.97. The molecule has 1 N–H and O–H groups in total. The number of nitrogens with one attached hydrogen (secondary N) is 1. The van der Waals surface area contributed by atoms with E-state index in [-0.39, 0.29) is 5.82 Å². The molecule has 2 nitrogen and oxygen atoms in total. The maximum atomic E-state index is 13.2. The van der Waals surface area contributed by atoms with Gasteiger partial charge in [-0.15, -0.1) is 11.8 Å². The molecule has 2 rings (SSSR count). The number of nitrogens with zero attached hydrogens (tertiary/aromatic N) is 1. The van der Waals surface area contributed by atoms with Gasteiger partial charge < -0.3 is 10.2 Å². The number of benzene rings is 2. The predicted molar refractivity (Wildman–Crippen MR) is 101 cm³/mol. The molecule has 6 heteroatoms. The van der Waals surface area contributed by atoms with Crippen molar-refractivity contribution in [3.8, 4) is 0 Å². The van der Waals surface area contributed by atoms with Crippen LogP contribution in [0, 0.1) is 5.82 Å². The van der Waals surface area contributed by atoms with E-state index in [2.05, 4.69) is 5.32 Å². The third-order valence-electron chi connectivity index (χ3n) is 3.12. The first-order chi connectivity index (χ1) is 11.0. The first-order valence-electron chi connectivity index (χ1n) is 7.16. The molecule has 0 saturated carbocycles. The lowest BCUT2D eigenvalue weighted by Gasteiger charge is -2.21. The molecule has 0 atom stereocenters. The summed E-state index contributed by atoms with van der Waals surface area (Å²) in [7, 11) is 1.90. The van der Waals surface area contributed by atoms with E-state index in [1.807, 2.05) is 42.3 Å². The average Bonchev–Trinajstić information content (AvgIpc) is 2.53. The summed E-state index contributed by atoms with van der Waals surface area (Å²) < 4.78 is 13.2. The Hall–Kier alpha value is -1.30. The first-order valence-corrected chi connectivity index (χ1v) is 8.93. The van der Waals surface area contributed by atoms with Gasteiger partial charge in [0.05, 0.1) is 0 Å². The number of rotatable bonds is 6. The summed E-state index contributed by atoms with van der Waals surface area (Å²) in [5, 5.41) is 4.62. The van der Waals surface area contributed by atoms with Crippen molar-refractivity contribution in [1.82, 2.24) is 10.2 Å². The number of thioether (sulfide) groups is 1. The lowest BCUT2D eigenvalue weighted by molar-refractivity contribution is 0.489. The predicted octanol–water partition coefficient (Wildman–Crippen LogP) is 4.58. The molecule has 0 amide bonds. The SMILES string of the molecule is CN(Cc1cccc(F)c1)C(=S)NCCSc1ccc(Cl)cc1. The third-order valence-corrected chi connectivity index (χ3v) is 4.84. The van der Waals surface area contributed by atoms with E-state index in [4.69, 9.17) is 23.8 Å². The summed E-state index contributed by atoms with van der Waals surface area (Å²) in [5.41, 5.74) is 0.896. The number of hydrogen-bond donors (Lipinski definition) is 1. The second kappa shape index (κ2) is 9.11. The Balaban J connectivity index is 1.70. The van der Waals surface area contributed by atoms with Gasteiger partial charge in [0.25, 0.3) is 0 Å². The summed E-state index contributed by atoms with van der Waals surface area (Å²) >= 11 is 12.9. The molecule has 0 aliphatic carbocycles. The Morgan fingerprint density at radius 2 is 2.00 bits per heavy atom. The van der Waals surface area contributed by atoms with Gasteiger partial charge in [-0.3, -0.25) is 0 Å². The summed E-state index contributed by atoms with van der Waals surface area (Å²) in [6.45, 7) is 1.34. The molecule has 0 aliphatic heterocycles. The van der Waals surface area contributed by atoms with Crippen LogP contribution in [0.3, 0.4) is 0 Å². The van der Waals surface area contributed by atoms with Crippen LogP contribution in [0.15, 0.2) is 53.4 Å². The standard InChI is InChI=1S/C17H18ClFN2S2/c1-21(12-13-3-2-4-15(19)11-13)17(22)20-9-10-23-16-7-5-14(18)6-8-16/h2-8,11H,9-10,12H2,1H3,(H,20,22). The minimum Gasteiger partial charge on any atom is -0.362 e. The van der Waals surface area contributed by atoms with Crippen molar-refractivity contribution in [3.05, 3.63) is 64.9 Å². The van der Waals surface area contributed by atoms with Crippen LogP contribution in [0.4, 0.5) is 4.39 Å². The minimum atomic E-state index is -0.228. The van der Waals surface area contributed by atoms with Crippen LogP contribution in [-0.2, 0) is 6.54 Å². The normalized spacial score (nSPS) is 10.4. The summed E-state index contributed by atoms with van der Waals surface area (Å²) in [4.78, 5) is 3.08. The van der Waals surface area contributed by atoms with Crippen molar-refractivity contribution < 1.29 is 4.39 Å². The fourth-order valence-corrected chi connectivity index (χ4v) is 3.03. The van der Waals surface area contributed by atoms with Crippen LogP contribution < -0.4 is 5.32 Å². The summed E-state index contributed by atoms with van der Waals surface area (Å²) in [5.74, 6) is 0.671. The van der Waals surface area contributed by atoms with Crippen LogP contribution in [0.5, 0.6) is 0 Å². The van der Waals surface area contributed by atoms with E-state index in [9.17, 15) is 4.39 Å². The van der Waals surface area contributed by atoms with E-state index < -0.39 is 0 Å². The molecule has 0 unspecified atom stereocenters. The topological polar surface area (TPSA) is 15.3 Å². The van der Waals surface area contributed by atoms with Crippen LogP contribution in [0.2, 0.25) is 5.02 Å². The van der Waals surface area contributed by atoms with Gasteiger partial charge in [-0.1, -0.05) is 23.7 Å². The highest BCUT2D eigenvalue weighted by atomic mass is 35.5. The van der Waals surface area contributed by atoms with Gasteiger partial charge in [-0.2, -0.15) is 0 Å². The van der Waals surface area contributed by atoms with E-state index in [1.54, 1.807) is 17.8 Å². The fraction of sp³-hybridized carbons (Fsp3) is 0.235. The molecule has 2 aromatic carbocycles. The highest BCUT2D eigenvalue weighted by Gasteiger charge is 2.05. The number of hydrogen-bond acceptors (Lipinski definition) is 2. The summed E-state index contributed by atoms with van der Waals surface area (Å²) in [6, 6.07) is 14.3. The highest BCUT2D eigenvalue weighted by molar-refractivity contribution is 7.99. The quantitative estimate of drug-likeness (QED) is 0.456. The Bertz CT molecular complexity index is 649. The van der Waals surface area contributed by atoms with E-state index in [1.165, 1.54) is 17.0 Å². The van der Waals surface area contributed by atoms with Crippen LogP contribution in [0.25, 0.3) is 0 Å². The lowest BCUT2D eigenvalue weighted by atomic mass is 10.2. The number of halogens is 2. The molecular weight excluding hydrogens is 351 g/mol. The molecule has 122 valence electrons. The van der Waals surface area contributed by atoms with E-state index >= 15 is 0 Å². The Morgan fingerprint density at radius 1 is 1.26 bits per heavy atom. The van der Waals surface area contributed by atoms with Gasteiger partial charge in [0, 0.05) is 35.8 Å². The zero-order chi connectivity index (χ0) is 16.7. The zero-order valence-corrected chi connectivity index (χ0v) is 15.1. The van der Waals surface area contributed by atoms with Crippen molar-refractivity contribution >= 4 is 40.7 Å². The maximum Gasteiger partial charge on any atom is 0.169 e. The average molecular weight is 369 g/mol. The van der Waals surface area contributed by atoms with Crippen molar-refractivity contribution in [1.29, 1.82) is 0 Å². The highest BCUT2D eigenvalue weighted by Crippen LogP contribution is 2.19. The monoisotopic (exact) mass is 368 g/mol. The zero-order valence-electron chi connectivity index (χ0n) is 12.8. The van der Waals surface area contributed by atoms with Crippen molar-refractivity contribution in [2.45, 2.75) is 11.4 Å². The molecule has 2 aromatic rings. The molecule has 0 spiro atoms. The van der Waals surface area contributed by atoms with Crippen molar-refractivity contribution in [2.24, 2.45) is 0 Å². The molecule has 23 heavy (non-hydrogen) atoms. The smallest absolute Gasteiger partial charge is 0.169 e. The van der Waals surface area contributed by atoms with Crippen molar-refractivity contribution in [2.75, 3.05) is 19.3 Å². The van der Waals surface area contributed by atoms with Crippen LogP contribution in [-0.4, -0.2) is 29.4 Å². The molecule has 0 bridgehead atoms. The second-order valence-corrected chi connectivity index (χ2v) is 7.01. The molecule has 0 aliphatic rings. The van der Waals surface area contributed by atoms with Gasteiger partial charge in [0.15, 0.2) is 5.11 Å². The van der Waals surface area contributed by atoms with Crippen molar-refractivity contribution in [3.63, 3.8) is 0 Å². The lowest BCUT2D eigenvalue weighted by Crippen LogP contribution is -2.37.